The van der Waals surface area contributed by atoms with Gasteiger partial charge >= 0.3 is 0 Å². The molecule has 1 saturated heterocycles. The third kappa shape index (κ3) is 3.64. The average Bonchev–Trinajstić information content (AvgIpc) is 2.75. The minimum absolute atomic E-state index is 0.0167. The van der Waals surface area contributed by atoms with Crippen molar-refractivity contribution in [3.05, 3.63) is 23.8 Å². The van der Waals surface area contributed by atoms with E-state index in [2.05, 4.69) is 13.8 Å². The lowest BCUT2D eigenvalue weighted by molar-refractivity contribution is -0.0329. The molecule has 1 aromatic carbocycles. The van der Waals surface area contributed by atoms with Gasteiger partial charge in [0.25, 0.3) is 0 Å². The van der Waals surface area contributed by atoms with Crippen molar-refractivity contribution >= 4 is 0 Å². The number of rotatable bonds is 5. The number of ether oxygens (including phenoxy) is 3. The van der Waals surface area contributed by atoms with Gasteiger partial charge in [0, 0.05) is 6.04 Å². The summed E-state index contributed by atoms with van der Waals surface area (Å²) in [5.74, 6) is 1.46. The molecule has 1 aromatic rings. The van der Waals surface area contributed by atoms with Crippen LogP contribution in [0.5, 0.6) is 11.5 Å². The van der Waals surface area contributed by atoms with Crippen LogP contribution in [-0.2, 0) is 4.74 Å². The molecular weight excluding hydrogens is 254 g/mol. The Morgan fingerprint density at radius 1 is 1.40 bits per heavy atom. The molecule has 2 N–H and O–H groups in total. The summed E-state index contributed by atoms with van der Waals surface area (Å²) in [6, 6.07) is 5.80. The molecule has 4 nitrogen and oxygen atoms in total. The summed E-state index contributed by atoms with van der Waals surface area (Å²) in [6.45, 7) is 6.73. The van der Waals surface area contributed by atoms with E-state index in [1.54, 1.807) is 7.11 Å². The molecule has 112 valence electrons. The Labute approximate surface area is 121 Å². The zero-order valence-corrected chi connectivity index (χ0v) is 12.8. The van der Waals surface area contributed by atoms with Crippen LogP contribution in [0.25, 0.3) is 0 Å². The lowest BCUT2D eigenvalue weighted by atomic mass is 10.1. The van der Waals surface area contributed by atoms with E-state index in [1.807, 2.05) is 25.1 Å². The van der Waals surface area contributed by atoms with Crippen LogP contribution >= 0.6 is 0 Å². The van der Waals surface area contributed by atoms with Crippen molar-refractivity contribution in [1.29, 1.82) is 0 Å². The van der Waals surface area contributed by atoms with Gasteiger partial charge < -0.3 is 19.9 Å². The molecule has 1 aliphatic rings. The molecule has 2 atom stereocenters. The minimum atomic E-state index is -0.0308. The van der Waals surface area contributed by atoms with Crippen molar-refractivity contribution in [2.24, 2.45) is 5.73 Å². The summed E-state index contributed by atoms with van der Waals surface area (Å²) < 4.78 is 17.1. The Hall–Kier alpha value is -1.26. The van der Waals surface area contributed by atoms with Gasteiger partial charge in [0.05, 0.1) is 18.8 Å². The van der Waals surface area contributed by atoms with Crippen molar-refractivity contribution in [2.75, 3.05) is 13.7 Å². The number of hydrogen-bond acceptors (Lipinski definition) is 4. The van der Waals surface area contributed by atoms with E-state index >= 15 is 0 Å². The van der Waals surface area contributed by atoms with Gasteiger partial charge in [-0.1, -0.05) is 6.07 Å². The van der Waals surface area contributed by atoms with Gasteiger partial charge in [-0.2, -0.15) is 0 Å². The maximum Gasteiger partial charge on any atom is 0.161 e. The van der Waals surface area contributed by atoms with Gasteiger partial charge in [-0.05, 0) is 51.3 Å². The maximum atomic E-state index is 5.92. The molecule has 4 heteroatoms. The standard InChI is InChI=1S/C16H25NO3/c1-11(17)12-5-6-14(15(9-12)18-4)19-10-13-7-8-16(2,3)20-13/h5-6,9,11,13H,7-8,10,17H2,1-4H3. The average molecular weight is 279 g/mol. The quantitative estimate of drug-likeness (QED) is 0.900. The zero-order chi connectivity index (χ0) is 14.8. The molecular formula is C16H25NO3. The van der Waals surface area contributed by atoms with Crippen molar-refractivity contribution in [2.45, 2.75) is 51.4 Å². The fourth-order valence-electron chi connectivity index (χ4n) is 2.46. The molecule has 0 aliphatic carbocycles. The maximum absolute atomic E-state index is 5.92. The van der Waals surface area contributed by atoms with Gasteiger partial charge in [-0.3, -0.25) is 0 Å². The Morgan fingerprint density at radius 3 is 2.70 bits per heavy atom. The molecule has 0 amide bonds. The lowest BCUT2D eigenvalue weighted by Crippen LogP contribution is -2.24. The minimum Gasteiger partial charge on any atom is -0.493 e. The number of benzene rings is 1. The fraction of sp³-hybridized carbons (Fsp3) is 0.625. The fourth-order valence-corrected chi connectivity index (χ4v) is 2.46. The highest BCUT2D eigenvalue weighted by Gasteiger charge is 2.32. The lowest BCUT2D eigenvalue weighted by Gasteiger charge is -2.20. The van der Waals surface area contributed by atoms with Crippen molar-refractivity contribution in [1.82, 2.24) is 0 Å². The third-order valence-electron chi connectivity index (χ3n) is 3.69. The van der Waals surface area contributed by atoms with Crippen molar-refractivity contribution in [3.63, 3.8) is 0 Å². The molecule has 0 radical (unpaired) electrons. The summed E-state index contributed by atoms with van der Waals surface area (Å²) in [6.07, 6.45) is 2.26. The van der Waals surface area contributed by atoms with Gasteiger partial charge in [0.2, 0.25) is 0 Å². The van der Waals surface area contributed by atoms with E-state index in [-0.39, 0.29) is 17.7 Å². The second-order valence-electron chi connectivity index (χ2n) is 6.05. The van der Waals surface area contributed by atoms with E-state index < -0.39 is 0 Å². The molecule has 0 bridgehead atoms. The first-order valence-corrected chi connectivity index (χ1v) is 7.15. The van der Waals surface area contributed by atoms with Gasteiger partial charge in [0.1, 0.15) is 6.61 Å². The summed E-state index contributed by atoms with van der Waals surface area (Å²) in [5.41, 5.74) is 6.88. The van der Waals surface area contributed by atoms with Crippen LogP contribution in [0.15, 0.2) is 18.2 Å². The largest absolute Gasteiger partial charge is 0.493 e. The third-order valence-corrected chi connectivity index (χ3v) is 3.69. The number of nitrogens with two attached hydrogens (primary N) is 1. The van der Waals surface area contributed by atoms with Crippen LogP contribution in [-0.4, -0.2) is 25.4 Å². The zero-order valence-electron chi connectivity index (χ0n) is 12.8. The first-order valence-electron chi connectivity index (χ1n) is 7.15. The van der Waals surface area contributed by atoms with Crippen LogP contribution < -0.4 is 15.2 Å². The molecule has 2 rings (SSSR count). The smallest absolute Gasteiger partial charge is 0.161 e. The number of methoxy groups -OCH3 is 1. The van der Waals surface area contributed by atoms with E-state index in [4.69, 9.17) is 19.9 Å². The van der Waals surface area contributed by atoms with Crippen LogP contribution in [0.4, 0.5) is 0 Å². The first kappa shape index (κ1) is 15.1. The number of hydrogen-bond donors (Lipinski definition) is 1. The van der Waals surface area contributed by atoms with Crippen LogP contribution in [0.2, 0.25) is 0 Å². The Balaban J connectivity index is 1.99. The molecule has 1 fully saturated rings. The van der Waals surface area contributed by atoms with Crippen LogP contribution in [0.1, 0.15) is 45.2 Å². The van der Waals surface area contributed by atoms with Gasteiger partial charge in [-0.25, -0.2) is 0 Å². The summed E-state index contributed by atoms with van der Waals surface area (Å²) >= 11 is 0. The van der Waals surface area contributed by atoms with E-state index in [1.165, 1.54) is 0 Å². The second-order valence-corrected chi connectivity index (χ2v) is 6.05. The van der Waals surface area contributed by atoms with Gasteiger partial charge in [-0.15, -0.1) is 0 Å². The van der Waals surface area contributed by atoms with Crippen LogP contribution in [0.3, 0.4) is 0 Å². The predicted octanol–water partition coefficient (Wildman–Crippen LogP) is 3.05. The molecule has 1 heterocycles. The van der Waals surface area contributed by atoms with Crippen LogP contribution in [0, 0.1) is 0 Å². The van der Waals surface area contributed by atoms with Crippen molar-refractivity contribution in [3.8, 4) is 11.5 Å². The topological polar surface area (TPSA) is 53.7 Å². The SMILES string of the molecule is COc1cc(C(C)N)ccc1OCC1CCC(C)(C)O1. The molecule has 0 spiro atoms. The predicted molar refractivity (Wildman–Crippen MR) is 79.3 cm³/mol. The molecule has 20 heavy (non-hydrogen) atoms. The Bertz CT molecular complexity index is 457. The van der Waals surface area contributed by atoms with E-state index in [9.17, 15) is 0 Å². The molecule has 2 unspecified atom stereocenters. The van der Waals surface area contributed by atoms with E-state index in [0.717, 1.165) is 29.9 Å². The monoisotopic (exact) mass is 279 g/mol. The molecule has 0 aromatic heterocycles. The first-order chi connectivity index (χ1) is 9.41. The second kappa shape index (κ2) is 6.02. The Morgan fingerprint density at radius 2 is 2.15 bits per heavy atom. The summed E-state index contributed by atoms with van der Waals surface area (Å²) in [4.78, 5) is 0. The highest BCUT2D eigenvalue weighted by molar-refractivity contribution is 5.43. The summed E-state index contributed by atoms with van der Waals surface area (Å²) in [5, 5.41) is 0. The van der Waals surface area contributed by atoms with Gasteiger partial charge in [0.15, 0.2) is 11.5 Å². The highest BCUT2D eigenvalue weighted by Crippen LogP contribution is 2.32. The Kier molecular flexibility index (Phi) is 4.55. The summed E-state index contributed by atoms with van der Waals surface area (Å²) in [7, 11) is 1.64. The highest BCUT2D eigenvalue weighted by atomic mass is 16.6. The van der Waals surface area contributed by atoms with Crippen molar-refractivity contribution < 1.29 is 14.2 Å². The normalized spacial score (nSPS) is 22.6. The van der Waals surface area contributed by atoms with E-state index in [0.29, 0.717) is 6.61 Å². The molecule has 1 aliphatic heterocycles. The molecule has 0 saturated carbocycles.